The molecule has 0 aliphatic heterocycles. The molecule has 2 aromatic rings. The summed E-state index contributed by atoms with van der Waals surface area (Å²) in [5, 5.41) is 14.5. The van der Waals surface area contributed by atoms with E-state index < -0.39 is 0 Å². The molecule has 0 aliphatic carbocycles. The molecule has 0 atom stereocenters. The van der Waals surface area contributed by atoms with Crippen molar-refractivity contribution in [3.05, 3.63) is 29.5 Å². The van der Waals surface area contributed by atoms with Crippen LogP contribution in [0.1, 0.15) is 37.0 Å². The van der Waals surface area contributed by atoms with Gasteiger partial charge in [-0.1, -0.05) is 6.92 Å². The zero-order valence-electron chi connectivity index (χ0n) is 14.3. The van der Waals surface area contributed by atoms with Gasteiger partial charge >= 0.3 is 0 Å². The lowest BCUT2D eigenvalue weighted by atomic mass is 10.4. The van der Waals surface area contributed by atoms with Crippen LogP contribution in [0.2, 0.25) is 0 Å². The van der Waals surface area contributed by atoms with Crippen molar-refractivity contribution < 1.29 is 4.42 Å². The molecule has 0 unspecified atom stereocenters. The molecule has 0 amide bonds. The fraction of sp³-hybridized carbons (Fsp3) is 0.600. The maximum atomic E-state index is 5.54. The number of oxazole rings is 1. The van der Waals surface area contributed by atoms with E-state index >= 15 is 0 Å². The summed E-state index contributed by atoms with van der Waals surface area (Å²) >= 11 is 0. The minimum atomic E-state index is 0.414. The van der Waals surface area contributed by atoms with Crippen LogP contribution in [0.25, 0.3) is 0 Å². The summed E-state index contributed by atoms with van der Waals surface area (Å²) in [6.45, 7) is 10.7. The quantitative estimate of drug-likeness (QED) is 0.588. The Morgan fingerprint density at radius 2 is 2.13 bits per heavy atom. The Morgan fingerprint density at radius 3 is 2.78 bits per heavy atom. The summed E-state index contributed by atoms with van der Waals surface area (Å²) in [5.41, 5.74) is 0.910. The van der Waals surface area contributed by atoms with E-state index in [1.807, 2.05) is 25.3 Å². The molecule has 23 heavy (non-hydrogen) atoms. The number of hydrogen-bond donors (Lipinski definition) is 2. The van der Waals surface area contributed by atoms with E-state index in [1.54, 1.807) is 6.33 Å². The summed E-state index contributed by atoms with van der Waals surface area (Å²) in [6.07, 6.45) is 2.62. The highest BCUT2D eigenvalue weighted by Crippen LogP contribution is 2.08. The van der Waals surface area contributed by atoms with Crippen molar-refractivity contribution in [2.75, 3.05) is 13.1 Å². The summed E-state index contributed by atoms with van der Waals surface area (Å²) < 4.78 is 7.58. The van der Waals surface area contributed by atoms with Gasteiger partial charge in [0.2, 0.25) is 5.89 Å². The van der Waals surface area contributed by atoms with Crippen LogP contribution >= 0.6 is 0 Å². The topological polar surface area (TPSA) is 93.2 Å². The van der Waals surface area contributed by atoms with Gasteiger partial charge in [0.05, 0.1) is 5.69 Å². The first-order chi connectivity index (χ1) is 11.1. The summed E-state index contributed by atoms with van der Waals surface area (Å²) in [5.74, 6) is 3.20. The minimum Gasteiger partial charge on any atom is -0.444 e. The molecule has 0 radical (unpaired) electrons. The molecule has 0 saturated heterocycles. The van der Waals surface area contributed by atoms with E-state index in [0.717, 1.165) is 49.3 Å². The summed E-state index contributed by atoms with van der Waals surface area (Å²) in [6, 6.07) is 0. The van der Waals surface area contributed by atoms with E-state index in [-0.39, 0.29) is 0 Å². The number of rotatable bonds is 7. The van der Waals surface area contributed by atoms with Gasteiger partial charge < -0.3 is 19.6 Å². The average molecular weight is 319 g/mol. The number of aromatic nitrogens is 4. The Hall–Kier alpha value is -2.38. The molecule has 126 valence electrons. The Kier molecular flexibility index (Phi) is 6.13. The van der Waals surface area contributed by atoms with E-state index in [1.165, 1.54) is 0 Å². The maximum absolute atomic E-state index is 5.54. The predicted molar refractivity (Wildman–Crippen MR) is 88.2 cm³/mol. The van der Waals surface area contributed by atoms with Crippen molar-refractivity contribution in [2.45, 2.75) is 47.2 Å². The van der Waals surface area contributed by atoms with Gasteiger partial charge in [-0.2, -0.15) is 0 Å². The zero-order valence-corrected chi connectivity index (χ0v) is 14.3. The third-order valence-corrected chi connectivity index (χ3v) is 3.45. The van der Waals surface area contributed by atoms with Crippen LogP contribution in [0.5, 0.6) is 0 Å². The van der Waals surface area contributed by atoms with Gasteiger partial charge in [0, 0.05) is 26.1 Å². The molecule has 2 heterocycles. The standard InChI is InChI=1S/C15H25N7O/c1-5-13-21-19-10-22(13)8-7-17-15(16-6-2)18-9-14-20-11(3)12(4)23-14/h10H,5-9H2,1-4H3,(H2,16,17,18). The number of nitrogens with zero attached hydrogens (tertiary/aromatic N) is 5. The predicted octanol–water partition coefficient (Wildman–Crippen LogP) is 1.20. The average Bonchev–Trinajstić information content (AvgIpc) is 3.11. The van der Waals surface area contributed by atoms with Gasteiger partial charge in [0.25, 0.3) is 0 Å². The largest absolute Gasteiger partial charge is 0.444 e. The van der Waals surface area contributed by atoms with Crippen LogP contribution in [0, 0.1) is 13.8 Å². The molecule has 0 fully saturated rings. The molecular weight excluding hydrogens is 294 g/mol. The van der Waals surface area contributed by atoms with Crippen LogP contribution in [0.3, 0.4) is 0 Å². The van der Waals surface area contributed by atoms with Gasteiger partial charge in [-0.25, -0.2) is 9.98 Å². The zero-order chi connectivity index (χ0) is 16.7. The summed E-state index contributed by atoms with van der Waals surface area (Å²) in [4.78, 5) is 8.83. The maximum Gasteiger partial charge on any atom is 0.216 e. The lowest BCUT2D eigenvalue weighted by Gasteiger charge is -2.11. The molecule has 2 aromatic heterocycles. The van der Waals surface area contributed by atoms with Gasteiger partial charge in [-0.3, -0.25) is 0 Å². The van der Waals surface area contributed by atoms with Crippen molar-refractivity contribution in [3.8, 4) is 0 Å². The second-order valence-corrected chi connectivity index (χ2v) is 5.17. The molecule has 0 aliphatic rings. The highest BCUT2D eigenvalue weighted by Gasteiger charge is 2.06. The number of aryl methyl sites for hydroxylation is 3. The van der Waals surface area contributed by atoms with Gasteiger partial charge in [0.15, 0.2) is 5.96 Å². The Labute approximate surface area is 136 Å². The molecule has 2 rings (SSSR count). The lowest BCUT2D eigenvalue weighted by Crippen LogP contribution is -2.38. The highest BCUT2D eigenvalue weighted by molar-refractivity contribution is 5.79. The van der Waals surface area contributed by atoms with Gasteiger partial charge in [-0.15, -0.1) is 10.2 Å². The first-order valence-corrected chi connectivity index (χ1v) is 7.95. The van der Waals surface area contributed by atoms with Crippen LogP contribution in [-0.2, 0) is 19.5 Å². The Bertz CT molecular complexity index is 625. The number of nitrogens with one attached hydrogen (secondary N) is 2. The molecule has 0 saturated carbocycles. The minimum absolute atomic E-state index is 0.414. The van der Waals surface area contributed by atoms with Crippen LogP contribution in [-0.4, -0.2) is 38.8 Å². The summed E-state index contributed by atoms with van der Waals surface area (Å²) in [7, 11) is 0. The third-order valence-electron chi connectivity index (χ3n) is 3.45. The van der Waals surface area contributed by atoms with Crippen molar-refractivity contribution in [2.24, 2.45) is 4.99 Å². The second kappa shape index (κ2) is 8.30. The second-order valence-electron chi connectivity index (χ2n) is 5.17. The molecule has 8 heteroatoms. The fourth-order valence-corrected chi connectivity index (χ4v) is 2.13. The molecule has 0 bridgehead atoms. The van der Waals surface area contributed by atoms with Crippen LogP contribution in [0.4, 0.5) is 0 Å². The highest BCUT2D eigenvalue weighted by atomic mass is 16.4. The number of hydrogen-bond acceptors (Lipinski definition) is 5. The monoisotopic (exact) mass is 319 g/mol. The van der Waals surface area contributed by atoms with E-state index in [4.69, 9.17) is 4.42 Å². The number of guanidine groups is 1. The Balaban J connectivity index is 1.88. The normalized spacial score (nSPS) is 11.7. The van der Waals surface area contributed by atoms with Crippen LogP contribution in [0.15, 0.2) is 15.7 Å². The molecule has 0 spiro atoms. The van der Waals surface area contributed by atoms with E-state index in [9.17, 15) is 0 Å². The first-order valence-electron chi connectivity index (χ1n) is 7.95. The van der Waals surface area contributed by atoms with Crippen molar-refractivity contribution >= 4 is 5.96 Å². The third kappa shape index (κ3) is 4.80. The fourth-order valence-electron chi connectivity index (χ4n) is 2.13. The van der Waals surface area contributed by atoms with Crippen molar-refractivity contribution in [3.63, 3.8) is 0 Å². The molecule has 0 aromatic carbocycles. The van der Waals surface area contributed by atoms with Crippen molar-refractivity contribution in [1.82, 2.24) is 30.4 Å². The van der Waals surface area contributed by atoms with Crippen molar-refractivity contribution in [1.29, 1.82) is 0 Å². The van der Waals surface area contributed by atoms with E-state index in [2.05, 4.69) is 37.7 Å². The van der Waals surface area contributed by atoms with Gasteiger partial charge in [-0.05, 0) is 20.8 Å². The molecular formula is C15H25N7O. The van der Waals surface area contributed by atoms with Gasteiger partial charge in [0.1, 0.15) is 24.5 Å². The molecule has 8 nitrogen and oxygen atoms in total. The SMILES string of the molecule is CCNC(=NCc1nc(C)c(C)o1)NCCn1cnnc1CC. The lowest BCUT2D eigenvalue weighted by molar-refractivity contribution is 0.472. The Morgan fingerprint density at radius 1 is 1.30 bits per heavy atom. The smallest absolute Gasteiger partial charge is 0.216 e. The van der Waals surface area contributed by atoms with E-state index in [0.29, 0.717) is 12.4 Å². The first kappa shape index (κ1) is 17.0. The number of aliphatic imine (C=N–C) groups is 1. The molecule has 2 N–H and O–H groups in total. The van der Waals surface area contributed by atoms with Crippen LogP contribution < -0.4 is 10.6 Å².